The zero-order chi connectivity index (χ0) is 24.1. The smallest absolute Gasteiger partial charge is 0.262 e. The number of nitrogens with zero attached hydrogens (tertiary/aromatic N) is 2. The molecular weight excluding hydrogens is 450 g/mol. The van der Waals surface area contributed by atoms with Crippen molar-refractivity contribution < 1.29 is 14.3 Å². The topological polar surface area (TPSA) is 61.9 Å². The summed E-state index contributed by atoms with van der Waals surface area (Å²) in [4.78, 5) is 29.4. The standard InChI is InChI=1S/C27H28ClN3O3/c1-19-16-22(17-20(2)26(19)28)34-18-25(32)29-23-10-6-7-11-24(23)30-12-14-31(15-13-30)27(33)21-8-4-3-5-9-21/h3-11,16-17H,12-15,18H2,1-2H3,(H,29,32). The summed E-state index contributed by atoms with van der Waals surface area (Å²) in [7, 11) is 0. The zero-order valence-corrected chi connectivity index (χ0v) is 20.1. The van der Waals surface area contributed by atoms with Crippen molar-refractivity contribution in [3.63, 3.8) is 0 Å². The minimum absolute atomic E-state index is 0.0478. The maximum absolute atomic E-state index is 12.7. The average molecular weight is 478 g/mol. The SMILES string of the molecule is Cc1cc(OCC(=O)Nc2ccccc2N2CCN(C(=O)c3ccccc3)CC2)cc(C)c1Cl. The largest absolute Gasteiger partial charge is 0.484 e. The molecule has 7 heteroatoms. The van der Waals surface area contributed by atoms with Crippen LogP contribution in [0.5, 0.6) is 5.75 Å². The van der Waals surface area contributed by atoms with Crippen LogP contribution in [0.3, 0.4) is 0 Å². The van der Waals surface area contributed by atoms with E-state index in [0.717, 1.165) is 22.5 Å². The summed E-state index contributed by atoms with van der Waals surface area (Å²) in [5, 5.41) is 3.67. The molecule has 1 heterocycles. The third-order valence-corrected chi connectivity index (χ3v) is 6.48. The number of nitrogens with one attached hydrogen (secondary N) is 1. The van der Waals surface area contributed by atoms with Crippen LogP contribution in [0.1, 0.15) is 21.5 Å². The molecule has 0 bridgehead atoms. The molecule has 3 aromatic carbocycles. The van der Waals surface area contributed by atoms with E-state index >= 15 is 0 Å². The predicted octanol–water partition coefficient (Wildman–Crippen LogP) is 4.94. The van der Waals surface area contributed by atoms with Gasteiger partial charge in [0, 0.05) is 36.8 Å². The second-order valence-electron chi connectivity index (χ2n) is 8.37. The highest BCUT2D eigenvalue weighted by Gasteiger charge is 2.23. The van der Waals surface area contributed by atoms with Crippen LogP contribution in [0, 0.1) is 13.8 Å². The quantitative estimate of drug-likeness (QED) is 0.546. The fourth-order valence-corrected chi connectivity index (χ4v) is 4.20. The first-order valence-corrected chi connectivity index (χ1v) is 11.7. The molecule has 1 N–H and O–H groups in total. The third kappa shape index (κ3) is 5.51. The number of para-hydroxylation sites is 2. The van der Waals surface area contributed by atoms with Gasteiger partial charge in [0.1, 0.15) is 5.75 Å². The molecule has 0 aromatic heterocycles. The second kappa shape index (κ2) is 10.6. The van der Waals surface area contributed by atoms with Gasteiger partial charge in [0.25, 0.3) is 11.8 Å². The summed E-state index contributed by atoms with van der Waals surface area (Å²) in [6.45, 7) is 6.32. The molecule has 0 atom stereocenters. The summed E-state index contributed by atoms with van der Waals surface area (Å²) in [5.74, 6) is 0.421. The van der Waals surface area contributed by atoms with Crippen LogP contribution < -0.4 is 15.0 Å². The van der Waals surface area contributed by atoms with E-state index in [1.54, 1.807) is 0 Å². The third-order valence-electron chi connectivity index (χ3n) is 5.89. The Bertz CT molecular complexity index is 1150. The molecule has 1 aliphatic rings. The molecule has 0 radical (unpaired) electrons. The molecule has 1 saturated heterocycles. The lowest BCUT2D eigenvalue weighted by Crippen LogP contribution is -2.49. The van der Waals surface area contributed by atoms with E-state index in [0.29, 0.717) is 42.5 Å². The van der Waals surface area contributed by atoms with Gasteiger partial charge in [-0.05, 0) is 61.4 Å². The summed E-state index contributed by atoms with van der Waals surface area (Å²) in [6.07, 6.45) is 0. The number of ether oxygens (including phenoxy) is 1. The van der Waals surface area contributed by atoms with Crippen LogP contribution in [0.2, 0.25) is 5.02 Å². The Balaban J connectivity index is 1.36. The van der Waals surface area contributed by atoms with Crippen molar-refractivity contribution in [2.75, 3.05) is 43.0 Å². The van der Waals surface area contributed by atoms with E-state index in [9.17, 15) is 9.59 Å². The van der Waals surface area contributed by atoms with Crippen LogP contribution in [0.4, 0.5) is 11.4 Å². The molecule has 34 heavy (non-hydrogen) atoms. The van der Waals surface area contributed by atoms with E-state index < -0.39 is 0 Å². The molecule has 1 aliphatic heterocycles. The number of carbonyl (C=O) groups is 2. The van der Waals surface area contributed by atoms with Crippen LogP contribution in [-0.2, 0) is 4.79 Å². The van der Waals surface area contributed by atoms with Crippen molar-refractivity contribution in [1.82, 2.24) is 4.90 Å². The number of hydrogen-bond acceptors (Lipinski definition) is 4. The summed E-state index contributed by atoms with van der Waals surface area (Å²) in [6, 6.07) is 20.7. The normalized spacial score (nSPS) is 13.5. The van der Waals surface area contributed by atoms with Gasteiger partial charge in [0.05, 0.1) is 11.4 Å². The molecule has 176 valence electrons. The molecule has 6 nitrogen and oxygen atoms in total. The lowest BCUT2D eigenvalue weighted by molar-refractivity contribution is -0.118. The van der Waals surface area contributed by atoms with Gasteiger partial charge in [-0.1, -0.05) is 41.9 Å². The second-order valence-corrected chi connectivity index (χ2v) is 8.75. The Morgan fingerprint density at radius 3 is 2.21 bits per heavy atom. The van der Waals surface area contributed by atoms with Crippen molar-refractivity contribution >= 4 is 34.8 Å². The number of aryl methyl sites for hydroxylation is 2. The predicted molar refractivity (Wildman–Crippen MR) is 136 cm³/mol. The van der Waals surface area contributed by atoms with Crippen molar-refractivity contribution in [1.29, 1.82) is 0 Å². The fraction of sp³-hybridized carbons (Fsp3) is 0.259. The molecule has 0 saturated carbocycles. The van der Waals surface area contributed by atoms with Gasteiger partial charge < -0.3 is 19.9 Å². The maximum Gasteiger partial charge on any atom is 0.262 e. The highest BCUT2D eigenvalue weighted by molar-refractivity contribution is 6.32. The number of piperazine rings is 1. The van der Waals surface area contributed by atoms with Crippen molar-refractivity contribution in [2.45, 2.75) is 13.8 Å². The first-order valence-electron chi connectivity index (χ1n) is 11.3. The molecular formula is C27H28ClN3O3. The van der Waals surface area contributed by atoms with Gasteiger partial charge in [-0.15, -0.1) is 0 Å². The van der Waals surface area contributed by atoms with E-state index in [1.165, 1.54) is 0 Å². The number of benzene rings is 3. The number of amides is 2. The van der Waals surface area contributed by atoms with Crippen molar-refractivity contribution in [3.8, 4) is 5.75 Å². The monoisotopic (exact) mass is 477 g/mol. The molecule has 4 rings (SSSR count). The average Bonchev–Trinajstić information content (AvgIpc) is 2.86. The van der Waals surface area contributed by atoms with Gasteiger partial charge in [-0.25, -0.2) is 0 Å². The minimum Gasteiger partial charge on any atom is -0.484 e. The molecule has 2 amide bonds. The first-order chi connectivity index (χ1) is 16.4. The summed E-state index contributed by atoms with van der Waals surface area (Å²) in [5.41, 5.74) is 4.18. The number of anilines is 2. The van der Waals surface area contributed by atoms with Crippen molar-refractivity contribution in [2.24, 2.45) is 0 Å². The highest BCUT2D eigenvalue weighted by atomic mass is 35.5. The number of rotatable bonds is 6. The van der Waals surface area contributed by atoms with Gasteiger partial charge >= 0.3 is 0 Å². The van der Waals surface area contributed by atoms with Gasteiger partial charge in [0.2, 0.25) is 0 Å². The van der Waals surface area contributed by atoms with Crippen LogP contribution in [-0.4, -0.2) is 49.5 Å². The maximum atomic E-state index is 12.7. The van der Waals surface area contributed by atoms with Crippen LogP contribution in [0.25, 0.3) is 0 Å². The Morgan fingerprint density at radius 2 is 1.53 bits per heavy atom. The van der Waals surface area contributed by atoms with Gasteiger partial charge in [-0.3, -0.25) is 9.59 Å². The molecule has 0 unspecified atom stereocenters. The molecule has 0 spiro atoms. The van der Waals surface area contributed by atoms with Crippen LogP contribution in [0.15, 0.2) is 66.7 Å². The van der Waals surface area contributed by atoms with E-state index in [-0.39, 0.29) is 18.4 Å². The molecule has 1 fully saturated rings. The highest BCUT2D eigenvalue weighted by Crippen LogP contribution is 2.28. The number of hydrogen-bond donors (Lipinski definition) is 1. The minimum atomic E-state index is -0.240. The summed E-state index contributed by atoms with van der Waals surface area (Å²) >= 11 is 6.21. The zero-order valence-electron chi connectivity index (χ0n) is 19.4. The van der Waals surface area contributed by atoms with E-state index in [2.05, 4.69) is 10.2 Å². The Morgan fingerprint density at radius 1 is 0.912 bits per heavy atom. The van der Waals surface area contributed by atoms with Gasteiger partial charge in [0.15, 0.2) is 6.61 Å². The lowest BCUT2D eigenvalue weighted by atomic mass is 10.1. The Labute approximate surface area is 205 Å². The lowest BCUT2D eigenvalue weighted by Gasteiger charge is -2.37. The van der Waals surface area contributed by atoms with Gasteiger partial charge in [-0.2, -0.15) is 0 Å². The Hall–Kier alpha value is -3.51. The van der Waals surface area contributed by atoms with Crippen LogP contribution >= 0.6 is 11.6 Å². The molecule has 0 aliphatic carbocycles. The Kier molecular flexibility index (Phi) is 7.38. The van der Waals surface area contributed by atoms with E-state index in [1.807, 2.05) is 85.5 Å². The molecule has 3 aromatic rings. The summed E-state index contributed by atoms with van der Waals surface area (Å²) < 4.78 is 5.70. The first kappa shape index (κ1) is 23.6. The van der Waals surface area contributed by atoms with E-state index in [4.69, 9.17) is 16.3 Å². The van der Waals surface area contributed by atoms with Crippen molar-refractivity contribution in [3.05, 3.63) is 88.4 Å². The fourth-order valence-electron chi connectivity index (χ4n) is 4.09. The number of carbonyl (C=O) groups excluding carboxylic acids is 2. The number of halogens is 1.